The maximum Gasteiger partial charge on any atom is 0.204 e. The minimum Gasteiger partial charge on any atom is -0.338 e. The summed E-state index contributed by atoms with van der Waals surface area (Å²) in [5.41, 5.74) is 4.32. The lowest BCUT2D eigenvalue weighted by molar-refractivity contribution is 0.547. The second kappa shape index (κ2) is 7.21. The summed E-state index contributed by atoms with van der Waals surface area (Å²) in [6.45, 7) is 21.3. The molecular formula is C32H38N2O2. The van der Waals surface area contributed by atoms with Gasteiger partial charge in [0.1, 0.15) is 0 Å². The zero-order valence-corrected chi connectivity index (χ0v) is 23.3. The van der Waals surface area contributed by atoms with Crippen LogP contribution in [0, 0.1) is 0 Å². The van der Waals surface area contributed by atoms with E-state index in [1.807, 2.05) is 24.3 Å². The molecule has 0 saturated heterocycles. The van der Waals surface area contributed by atoms with Crippen LogP contribution in [0.5, 0.6) is 0 Å². The van der Waals surface area contributed by atoms with Crippen LogP contribution >= 0.6 is 0 Å². The summed E-state index contributed by atoms with van der Waals surface area (Å²) in [5, 5.41) is 0.684. The fourth-order valence-corrected chi connectivity index (χ4v) is 6.52. The second-order valence-corrected chi connectivity index (χ2v) is 13.4. The van der Waals surface area contributed by atoms with Gasteiger partial charge in [-0.3, -0.25) is 9.59 Å². The van der Waals surface area contributed by atoms with Gasteiger partial charge in [-0.25, -0.2) is 0 Å². The van der Waals surface area contributed by atoms with Crippen LogP contribution in [0.4, 0.5) is 11.4 Å². The molecule has 3 aromatic carbocycles. The number of hydrogen-bond donors (Lipinski definition) is 0. The molecule has 0 aliphatic carbocycles. The molecule has 2 aliphatic heterocycles. The van der Waals surface area contributed by atoms with Crippen molar-refractivity contribution in [3.05, 3.63) is 90.5 Å². The second-order valence-electron chi connectivity index (χ2n) is 13.4. The van der Waals surface area contributed by atoms with Gasteiger partial charge in [-0.05, 0) is 64.8 Å². The van der Waals surface area contributed by atoms with E-state index in [2.05, 4.69) is 103 Å². The van der Waals surface area contributed by atoms with E-state index in [1.165, 1.54) is 0 Å². The Morgan fingerprint density at radius 1 is 0.556 bits per heavy atom. The molecule has 0 bridgehead atoms. The van der Waals surface area contributed by atoms with Gasteiger partial charge in [0.25, 0.3) is 0 Å². The monoisotopic (exact) mass is 482 g/mol. The van der Waals surface area contributed by atoms with E-state index in [4.69, 9.17) is 0 Å². The van der Waals surface area contributed by atoms with Gasteiger partial charge in [0.2, 0.25) is 10.9 Å². The minimum absolute atomic E-state index is 0.129. The fourth-order valence-electron chi connectivity index (χ4n) is 6.52. The molecule has 0 amide bonds. The third-order valence-corrected chi connectivity index (χ3v) is 7.99. The molecule has 4 nitrogen and oxygen atoms in total. The predicted octanol–water partition coefficient (Wildman–Crippen LogP) is 4.69. The van der Waals surface area contributed by atoms with Gasteiger partial charge in [0, 0.05) is 44.7 Å². The van der Waals surface area contributed by atoms with E-state index in [-0.39, 0.29) is 21.9 Å². The van der Waals surface area contributed by atoms with Gasteiger partial charge in [-0.15, -0.1) is 0 Å². The Bertz CT molecular complexity index is 1450. The smallest absolute Gasteiger partial charge is 0.204 e. The van der Waals surface area contributed by atoms with Gasteiger partial charge in [0.05, 0.1) is 10.4 Å². The fraction of sp³-hybridized carbons (Fsp3) is 0.438. The van der Waals surface area contributed by atoms with Crippen LogP contribution < -0.4 is 31.1 Å². The van der Waals surface area contributed by atoms with Crippen LogP contribution in [0.1, 0.15) is 80.4 Å². The number of anilines is 2. The number of nitrogens with zero attached hydrogens (tertiary/aromatic N) is 2. The molecule has 0 unspecified atom stereocenters. The van der Waals surface area contributed by atoms with Crippen molar-refractivity contribution in [1.82, 2.24) is 0 Å². The molecule has 36 heavy (non-hydrogen) atoms. The highest BCUT2D eigenvalue weighted by Gasteiger charge is 2.48. The van der Waals surface area contributed by atoms with Gasteiger partial charge >= 0.3 is 0 Å². The van der Waals surface area contributed by atoms with Crippen LogP contribution in [0.25, 0.3) is 11.4 Å². The molecule has 0 radical (unpaired) electrons. The average molecular weight is 483 g/mol. The normalized spacial score (nSPS) is 18.7. The minimum atomic E-state index is -0.460. The summed E-state index contributed by atoms with van der Waals surface area (Å²) >= 11 is 0. The van der Waals surface area contributed by atoms with Crippen LogP contribution in [-0.4, -0.2) is 11.1 Å². The van der Waals surface area contributed by atoms with Gasteiger partial charge < -0.3 is 9.80 Å². The number of benzene rings is 2. The topological polar surface area (TPSA) is 40.6 Å². The Labute approximate surface area is 214 Å². The number of fused-ring (bicyclic) bond motifs is 2. The Morgan fingerprint density at radius 3 is 1.17 bits per heavy atom. The lowest BCUT2D eigenvalue weighted by atomic mass is 9.80. The maximum atomic E-state index is 14.2. The highest BCUT2D eigenvalue weighted by Crippen LogP contribution is 2.52. The average Bonchev–Trinajstić information content (AvgIpc) is 3.14. The summed E-state index contributed by atoms with van der Waals surface area (Å²) in [6, 6.07) is 16.6. The van der Waals surface area contributed by atoms with Crippen molar-refractivity contribution in [2.45, 2.75) is 91.1 Å². The number of para-hydroxylation sites is 2. The lowest BCUT2D eigenvalue weighted by Crippen LogP contribution is -2.70. The molecule has 0 N–H and O–H groups in total. The van der Waals surface area contributed by atoms with Crippen molar-refractivity contribution in [1.29, 1.82) is 0 Å². The van der Waals surface area contributed by atoms with E-state index in [0.717, 1.165) is 33.9 Å². The van der Waals surface area contributed by atoms with Crippen molar-refractivity contribution in [2.75, 3.05) is 9.80 Å². The molecule has 0 atom stereocenters. The molecule has 0 spiro atoms. The molecule has 3 aromatic rings. The lowest BCUT2D eigenvalue weighted by Gasteiger charge is -2.39. The third kappa shape index (κ3) is 3.06. The molecule has 0 fully saturated rings. The summed E-state index contributed by atoms with van der Waals surface area (Å²) in [7, 11) is 0. The van der Waals surface area contributed by atoms with E-state index in [0.29, 0.717) is 10.4 Å². The van der Waals surface area contributed by atoms with Crippen molar-refractivity contribution in [3.63, 3.8) is 0 Å². The zero-order valence-electron chi connectivity index (χ0n) is 23.3. The number of hydrogen-bond acceptors (Lipinski definition) is 4. The van der Waals surface area contributed by atoms with E-state index in [9.17, 15) is 9.59 Å². The van der Waals surface area contributed by atoms with Gasteiger partial charge in [-0.2, -0.15) is 0 Å². The maximum absolute atomic E-state index is 14.2. The van der Waals surface area contributed by atoms with E-state index < -0.39 is 10.8 Å². The highest BCUT2D eigenvalue weighted by atomic mass is 16.1. The Balaban J connectivity index is 1.92. The molecule has 0 saturated carbocycles. The first kappa shape index (κ1) is 24.5. The Kier molecular flexibility index (Phi) is 4.92. The standard InChI is InChI=1S/C32H38N2O2/c1-29(2,3)33-21-17-13-11-15-19(21)31(7,8)27(33)23-25(35)24(26(23)36)28-32(9,10)20-16-12-14-18-22(20)34(28)30(4,5)6/h11-18H,1-10H3. The summed E-state index contributed by atoms with van der Waals surface area (Å²) in [6.07, 6.45) is 0. The van der Waals surface area contributed by atoms with Crippen molar-refractivity contribution in [3.8, 4) is 0 Å². The Morgan fingerprint density at radius 2 is 0.861 bits per heavy atom. The van der Waals surface area contributed by atoms with Crippen molar-refractivity contribution in [2.24, 2.45) is 0 Å². The quantitative estimate of drug-likeness (QED) is 0.466. The van der Waals surface area contributed by atoms with Crippen molar-refractivity contribution >= 4 is 22.8 Å². The molecule has 188 valence electrons. The molecule has 0 aromatic heterocycles. The molecule has 2 aliphatic rings. The van der Waals surface area contributed by atoms with Crippen molar-refractivity contribution < 1.29 is 0 Å². The first-order chi connectivity index (χ1) is 16.5. The molecule has 2 heterocycles. The van der Waals surface area contributed by atoms with Crippen LogP contribution in [0.15, 0.2) is 58.1 Å². The zero-order chi connectivity index (χ0) is 26.6. The number of rotatable bonds is 0. The first-order valence-electron chi connectivity index (χ1n) is 12.9. The van der Waals surface area contributed by atoms with Gasteiger partial charge in [-0.1, -0.05) is 64.1 Å². The van der Waals surface area contributed by atoms with E-state index in [1.54, 1.807) is 0 Å². The third-order valence-electron chi connectivity index (χ3n) is 7.99. The highest BCUT2D eigenvalue weighted by molar-refractivity contribution is 5.89. The largest absolute Gasteiger partial charge is 0.338 e. The van der Waals surface area contributed by atoms with E-state index >= 15 is 0 Å². The first-order valence-corrected chi connectivity index (χ1v) is 12.9. The van der Waals surface area contributed by atoms with Crippen LogP contribution in [0.2, 0.25) is 0 Å². The summed E-state index contributed by atoms with van der Waals surface area (Å²) in [5.74, 6) is 0. The predicted molar refractivity (Wildman–Crippen MR) is 151 cm³/mol. The Hall–Kier alpha value is -3.14. The summed E-state index contributed by atoms with van der Waals surface area (Å²) in [4.78, 5) is 32.8. The summed E-state index contributed by atoms with van der Waals surface area (Å²) < 4.78 is 0. The molecular weight excluding hydrogens is 444 g/mol. The SMILES string of the molecule is CC1(C)C(=c2c(=O)c(=C3N(C(C)(C)C)c4ccccc4C3(C)C)c2=O)N(C(C)(C)C)c2ccccc21. The van der Waals surface area contributed by atoms with Gasteiger partial charge in [0.15, 0.2) is 0 Å². The van der Waals surface area contributed by atoms with Crippen LogP contribution in [-0.2, 0) is 10.8 Å². The molecule has 5 rings (SSSR count). The molecule has 4 heteroatoms. The van der Waals surface area contributed by atoms with Crippen LogP contribution in [0.3, 0.4) is 0 Å².